The van der Waals surface area contributed by atoms with Crippen molar-refractivity contribution in [3.63, 3.8) is 0 Å². The molecule has 1 aromatic carbocycles. The molecule has 1 aliphatic heterocycles. The largest absolute Gasteiger partial charge is 0.497 e. The van der Waals surface area contributed by atoms with Crippen molar-refractivity contribution >= 4 is 5.91 Å². The summed E-state index contributed by atoms with van der Waals surface area (Å²) in [5, 5.41) is 6.44. The van der Waals surface area contributed by atoms with Crippen LogP contribution in [0.5, 0.6) is 5.75 Å². The van der Waals surface area contributed by atoms with Gasteiger partial charge in [0.1, 0.15) is 5.75 Å². The van der Waals surface area contributed by atoms with E-state index in [-0.39, 0.29) is 5.91 Å². The zero-order chi connectivity index (χ0) is 14.4. The average Bonchev–Trinajstić information content (AvgIpc) is 2.47. The Morgan fingerprint density at radius 1 is 1.40 bits per heavy atom. The first-order chi connectivity index (χ1) is 9.69. The van der Waals surface area contributed by atoms with Crippen molar-refractivity contribution in [3.8, 4) is 5.75 Å². The van der Waals surface area contributed by atoms with Gasteiger partial charge in [-0.25, -0.2) is 0 Å². The van der Waals surface area contributed by atoms with Crippen molar-refractivity contribution in [1.82, 2.24) is 10.6 Å². The second-order valence-electron chi connectivity index (χ2n) is 5.56. The van der Waals surface area contributed by atoms with E-state index in [1.165, 1.54) is 6.42 Å². The predicted octanol–water partition coefficient (Wildman–Crippen LogP) is 1.60. The number of nitrogens with one attached hydrogen (secondary N) is 2. The van der Waals surface area contributed by atoms with Crippen LogP contribution in [-0.4, -0.2) is 32.7 Å². The minimum Gasteiger partial charge on any atom is -0.497 e. The Labute approximate surface area is 120 Å². The van der Waals surface area contributed by atoms with Gasteiger partial charge in [0.2, 0.25) is 5.91 Å². The standard InChI is InChI=1S/C16H24N2O2/c1-12-7-8-17-10-14(12)11-18-16(19)9-13-3-5-15(20-2)6-4-13/h3-6,12,14,17H,7-11H2,1-2H3,(H,18,19). The molecule has 2 N–H and O–H groups in total. The van der Waals surface area contributed by atoms with E-state index in [0.717, 1.165) is 30.9 Å². The Morgan fingerprint density at radius 3 is 2.80 bits per heavy atom. The normalized spacial score (nSPS) is 22.3. The molecular weight excluding hydrogens is 252 g/mol. The third kappa shape index (κ3) is 4.23. The Balaban J connectivity index is 1.76. The van der Waals surface area contributed by atoms with Gasteiger partial charge in [0.15, 0.2) is 0 Å². The van der Waals surface area contributed by atoms with E-state index in [0.29, 0.717) is 18.3 Å². The highest BCUT2D eigenvalue weighted by Gasteiger charge is 2.21. The molecule has 4 nitrogen and oxygen atoms in total. The molecule has 0 bridgehead atoms. The van der Waals surface area contributed by atoms with Crippen molar-refractivity contribution in [2.24, 2.45) is 11.8 Å². The van der Waals surface area contributed by atoms with Crippen LogP contribution in [0.2, 0.25) is 0 Å². The molecule has 1 saturated heterocycles. The summed E-state index contributed by atoms with van der Waals surface area (Å²) in [5.74, 6) is 2.13. The number of hydrogen-bond donors (Lipinski definition) is 2. The molecule has 1 aromatic rings. The number of benzene rings is 1. The van der Waals surface area contributed by atoms with Crippen LogP contribution in [-0.2, 0) is 11.2 Å². The van der Waals surface area contributed by atoms with Crippen molar-refractivity contribution in [3.05, 3.63) is 29.8 Å². The zero-order valence-electron chi connectivity index (χ0n) is 12.3. The minimum atomic E-state index is 0.0907. The third-order valence-electron chi connectivity index (χ3n) is 4.07. The van der Waals surface area contributed by atoms with Gasteiger partial charge in [-0.05, 0) is 49.0 Å². The second-order valence-corrected chi connectivity index (χ2v) is 5.56. The fourth-order valence-corrected chi connectivity index (χ4v) is 2.56. The first-order valence-corrected chi connectivity index (χ1v) is 7.29. The van der Waals surface area contributed by atoms with Gasteiger partial charge in [-0.1, -0.05) is 19.1 Å². The maximum atomic E-state index is 12.0. The highest BCUT2D eigenvalue weighted by atomic mass is 16.5. The van der Waals surface area contributed by atoms with Gasteiger partial charge >= 0.3 is 0 Å². The van der Waals surface area contributed by atoms with Gasteiger partial charge in [0.25, 0.3) is 0 Å². The van der Waals surface area contributed by atoms with Gasteiger partial charge in [-0.2, -0.15) is 0 Å². The van der Waals surface area contributed by atoms with Crippen LogP contribution in [0.4, 0.5) is 0 Å². The van der Waals surface area contributed by atoms with Gasteiger partial charge in [-0.3, -0.25) is 4.79 Å². The number of methoxy groups -OCH3 is 1. The van der Waals surface area contributed by atoms with Crippen LogP contribution in [0, 0.1) is 11.8 Å². The number of amides is 1. The van der Waals surface area contributed by atoms with E-state index in [1.807, 2.05) is 24.3 Å². The Bertz CT molecular complexity index is 431. The number of piperidine rings is 1. The number of ether oxygens (including phenoxy) is 1. The lowest BCUT2D eigenvalue weighted by atomic mass is 9.88. The molecule has 1 aliphatic rings. The van der Waals surface area contributed by atoms with E-state index in [1.54, 1.807) is 7.11 Å². The van der Waals surface area contributed by atoms with Gasteiger partial charge in [0, 0.05) is 6.54 Å². The SMILES string of the molecule is COc1ccc(CC(=O)NCC2CNCCC2C)cc1. The summed E-state index contributed by atoms with van der Waals surface area (Å²) >= 11 is 0. The van der Waals surface area contributed by atoms with Gasteiger partial charge in [0.05, 0.1) is 13.5 Å². The first-order valence-electron chi connectivity index (χ1n) is 7.29. The smallest absolute Gasteiger partial charge is 0.224 e. The summed E-state index contributed by atoms with van der Waals surface area (Å²) in [4.78, 5) is 12.0. The fraction of sp³-hybridized carbons (Fsp3) is 0.562. The van der Waals surface area contributed by atoms with Crippen molar-refractivity contribution in [2.75, 3.05) is 26.7 Å². The summed E-state index contributed by atoms with van der Waals surface area (Å²) in [5.41, 5.74) is 1.01. The summed E-state index contributed by atoms with van der Waals surface area (Å²) in [6.45, 7) is 5.13. The van der Waals surface area contributed by atoms with Gasteiger partial charge in [-0.15, -0.1) is 0 Å². The molecule has 0 saturated carbocycles. The average molecular weight is 276 g/mol. The number of carbonyl (C=O) groups excluding carboxylic acids is 1. The quantitative estimate of drug-likeness (QED) is 0.859. The molecule has 1 fully saturated rings. The Hall–Kier alpha value is -1.55. The third-order valence-corrected chi connectivity index (χ3v) is 4.07. The van der Waals surface area contributed by atoms with E-state index in [4.69, 9.17) is 4.74 Å². The van der Waals surface area contributed by atoms with E-state index in [2.05, 4.69) is 17.6 Å². The van der Waals surface area contributed by atoms with E-state index >= 15 is 0 Å². The number of hydrogen-bond acceptors (Lipinski definition) is 3. The van der Waals surface area contributed by atoms with Crippen LogP contribution in [0.15, 0.2) is 24.3 Å². The second kappa shape index (κ2) is 7.29. The first kappa shape index (κ1) is 14.9. The topological polar surface area (TPSA) is 50.4 Å². The lowest BCUT2D eigenvalue weighted by molar-refractivity contribution is -0.120. The molecule has 1 heterocycles. The van der Waals surface area contributed by atoms with Crippen molar-refractivity contribution in [1.29, 1.82) is 0 Å². The maximum absolute atomic E-state index is 12.0. The van der Waals surface area contributed by atoms with E-state index in [9.17, 15) is 4.79 Å². The summed E-state index contributed by atoms with van der Waals surface area (Å²) < 4.78 is 5.11. The van der Waals surface area contributed by atoms with Gasteiger partial charge < -0.3 is 15.4 Å². The highest BCUT2D eigenvalue weighted by Crippen LogP contribution is 2.17. The van der Waals surface area contributed by atoms with Crippen molar-refractivity contribution in [2.45, 2.75) is 19.8 Å². The summed E-state index contributed by atoms with van der Waals surface area (Å²) in [6.07, 6.45) is 1.62. The molecule has 0 radical (unpaired) electrons. The lowest BCUT2D eigenvalue weighted by Gasteiger charge is -2.29. The Morgan fingerprint density at radius 2 is 2.15 bits per heavy atom. The zero-order valence-corrected chi connectivity index (χ0v) is 12.3. The minimum absolute atomic E-state index is 0.0907. The molecule has 1 amide bonds. The van der Waals surface area contributed by atoms with Crippen LogP contribution >= 0.6 is 0 Å². The molecule has 0 aliphatic carbocycles. The van der Waals surface area contributed by atoms with Crippen LogP contribution in [0.25, 0.3) is 0 Å². The lowest BCUT2D eigenvalue weighted by Crippen LogP contribution is -2.42. The van der Waals surface area contributed by atoms with Crippen LogP contribution in [0.3, 0.4) is 0 Å². The molecule has 2 unspecified atom stereocenters. The molecule has 2 atom stereocenters. The van der Waals surface area contributed by atoms with Crippen molar-refractivity contribution < 1.29 is 9.53 Å². The molecule has 0 spiro atoms. The van der Waals surface area contributed by atoms with Crippen LogP contribution in [0.1, 0.15) is 18.9 Å². The predicted molar refractivity (Wildman–Crippen MR) is 79.8 cm³/mol. The molecular formula is C16H24N2O2. The number of carbonyl (C=O) groups is 1. The molecule has 0 aromatic heterocycles. The van der Waals surface area contributed by atoms with Crippen LogP contribution < -0.4 is 15.4 Å². The highest BCUT2D eigenvalue weighted by molar-refractivity contribution is 5.78. The fourth-order valence-electron chi connectivity index (χ4n) is 2.56. The van der Waals surface area contributed by atoms with E-state index < -0.39 is 0 Å². The Kier molecular flexibility index (Phi) is 5.41. The monoisotopic (exact) mass is 276 g/mol. The molecule has 2 rings (SSSR count). The summed E-state index contributed by atoms with van der Waals surface area (Å²) in [7, 11) is 1.64. The number of rotatable bonds is 5. The summed E-state index contributed by atoms with van der Waals surface area (Å²) in [6, 6.07) is 7.64. The molecule has 110 valence electrons. The molecule has 4 heteroatoms. The maximum Gasteiger partial charge on any atom is 0.224 e. The molecule has 20 heavy (non-hydrogen) atoms.